The van der Waals surface area contributed by atoms with Crippen molar-refractivity contribution in [3.63, 3.8) is 0 Å². The van der Waals surface area contributed by atoms with E-state index in [1.165, 1.54) is 24.3 Å². The number of fused-ring (bicyclic) bond motifs is 1. The Balaban J connectivity index is 1.30. The number of rotatable bonds is 5. The van der Waals surface area contributed by atoms with Crippen molar-refractivity contribution in [2.75, 3.05) is 19.6 Å². The third-order valence-corrected chi connectivity index (χ3v) is 6.72. The van der Waals surface area contributed by atoms with Crippen LogP contribution in [0, 0.1) is 10.1 Å². The van der Waals surface area contributed by atoms with Crippen LogP contribution in [0.15, 0.2) is 42.5 Å². The first-order valence-corrected chi connectivity index (χ1v) is 11.0. The van der Waals surface area contributed by atoms with Crippen molar-refractivity contribution in [2.24, 2.45) is 0 Å². The summed E-state index contributed by atoms with van der Waals surface area (Å²) in [5, 5.41) is 15.1. The van der Waals surface area contributed by atoms with Crippen LogP contribution in [-0.2, 0) is 4.79 Å². The number of benzene rings is 2. The molecule has 2 heterocycles. The van der Waals surface area contributed by atoms with Crippen molar-refractivity contribution < 1.29 is 14.5 Å². The molecule has 160 valence electrons. The predicted octanol–water partition coefficient (Wildman–Crippen LogP) is 3.99. The lowest BCUT2D eigenvalue weighted by Crippen LogP contribution is -2.43. The van der Waals surface area contributed by atoms with E-state index in [2.05, 4.69) is 5.32 Å². The smallest absolute Gasteiger partial charge is 0.270 e. The molecule has 1 fully saturated rings. The number of hydrogen-bond donors (Lipinski definition) is 1. The number of likely N-dealkylation sites (tertiary alicyclic amines) is 1. The Bertz CT molecular complexity index is 1160. The molecular weight excluding hydrogens is 440 g/mol. The van der Waals surface area contributed by atoms with Crippen LogP contribution in [0.4, 0.5) is 5.69 Å². The van der Waals surface area contributed by atoms with Crippen molar-refractivity contribution in [1.29, 1.82) is 0 Å². The minimum atomic E-state index is -0.563. The molecule has 31 heavy (non-hydrogen) atoms. The third-order valence-electron chi connectivity index (χ3n) is 5.28. The second-order valence-electron chi connectivity index (χ2n) is 7.31. The molecule has 0 aliphatic carbocycles. The highest BCUT2D eigenvalue weighted by Crippen LogP contribution is 2.34. The minimum absolute atomic E-state index is 0.147. The molecule has 2 aromatic carbocycles. The Morgan fingerprint density at radius 3 is 2.74 bits per heavy atom. The number of nitro groups is 1. The van der Waals surface area contributed by atoms with Crippen LogP contribution < -0.4 is 5.32 Å². The van der Waals surface area contributed by atoms with Crippen LogP contribution in [0.3, 0.4) is 0 Å². The van der Waals surface area contributed by atoms with Gasteiger partial charge in [0, 0.05) is 41.7 Å². The molecule has 1 aliphatic rings. The van der Waals surface area contributed by atoms with E-state index in [0.29, 0.717) is 24.0 Å². The van der Waals surface area contributed by atoms with Gasteiger partial charge in [0.1, 0.15) is 0 Å². The summed E-state index contributed by atoms with van der Waals surface area (Å²) in [6.07, 6.45) is 1.61. The molecule has 0 bridgehead atoms. The molecule has 0 spiro atoms. The van der Waals surface area contributed by atoms with Gasteiger partial charge in [0.15, 0.2) is 0 Å². The molecular formula is C21H19ClN4O4S. The number of hydrogen-bond acceptors (Lipinski definition) is 6. The van der Waals surface area contributed by atoms with Gasteiger partial charge in [-0.15, -0.1) is 11.3 Å². The highest BCUT2D eigenvalue weighted by atomic mass is 35.5. The summed E-state index contributed by atoms with van der Waals surface area (Å²) in [6.45, 7) is 1.03. The number of aromatic nitrogens is 1. The third kappa shape index (κ3) is 4.83. The van der Waals surface area contributed by atoms with E-state index < -0.39 is 10.8 Å². The summed E-state index contributed by atoms with van der Waals surface area (Å²) in [5.74, 6) is -0.395. The van der Waals surface area contributed by atoms with Crippen molar-refractivity contribution >= 4 is 50.7 Å². The Labute approximate surface area is 187 Å². The Hall–Kier alpha value is -3.04. The van der Waals surface area contributed by atoms with Crippen LogP contribution in [0.2, 0.25) is 5.02 Å². The molecule has 1 aliphatic heterocycles. The van der Waals surface area contributed by atoms with Crippen LogP contribution in [0.25, 0.3) is 10.2 Å². The highest BCUT2D eigenvalue weighted by molar-refractivity contribution is 7.18. The number of halogens is 1. The molecule has 4 rings (SSSR count). The molecule has 0 unspecified atom stereocenters. The van der Waals surface area contributed by atoms with Gasteiger partial charge in [-0.05, 0) is 37.1 Å². The number of piperidine rings is 1. The van der Waals surface area contributed by atoms with E-state index >= 15 is 0 Å². The molecule has 8 nitrogen and oxygen atoms in total. The lowest BCUT2D eigenvalue weighted by Gasteiger charge is -2.31. The molecule has 0 saturated carbocycles. The van der Waals surface area contributed by atoms with Crippen LogP contribution >= 0.6 is 22.9 Å². The SMILES string of the molecule is O=C(NCC(=O)N1CCC(c2nc3cc(Cl)ccc3s2)CC1)c1cccc([N+](=O)[O-])c1. The summed E-state index contributed by atoms with van der Waals surface area (Å²) in [6, 6.07) is 11.1. The van der Waals surface area contributed by atoms with Crippen LogP contribution in [0.5, 0.6) is 0 Å². The van der Waals surface area contributed by atoms with E-state index in [1.54, 1.807) is 16.2 Å². The van der Waals surface area contributed by atoms with Gasteiger partial charge in [-0.2, -0.15) is 0 Å². The molecule has 3 aromatic rings. The number of nitro benzene ring substituents is 1. The molecule has 0 atom stereocenters. The Kier molecular flexibility index (Phi) is 6.15. The van der Waals surface area contributed by atoms with Crippen molar-refractivity contribution in [1.82, 2.24) is 15.2 Å². The van der Waals surface area contributed by atoms with Gasteiger partial charge in [-0.1, -0.05) is 17.7 Å². The summed E-state index contributed by atoms with van der Waals surface area (Å²) in [7, 11) is 0. The molecule has 1 aromatic heterocycles. The molecule has 1 saturated heterocycles. The number of carbonyl (C=O) groups is 2. The summed E-state index contributed by atoms with van der Waals surface area (Å²) >= 11 is 7.70. The standard InChI is InChI=1S/C21H19ClN4O4S/c22-15-4-5-18-17(11-15)24-21(31-18)13-6-8-25(9-7-13)19(27)12-23-20(28)14-2-1-3-16(10-14)26(29)30/h1-5,10-11,13H,6-9,12H2,(H,23,28). The fourth-order valence-electron chi connectivity index (χ4n) is 3.60. The van der Waals surface area contributed by atoms with Gasteiger partial charge in [-0.25, -0.2) is 4.98 Å². The van der Waals surface area contributed by atoms with E-state index in [0.717, 1.165) is 28.1 Å². The number of non-ortho nitro benzene ring substituents is 1. The number of amides is 2. The summed E-state index contributed by atoms with van der Waals surface area (Å²) in [4.78, 5) is 41.5. The average Bonchev–Trinajstić information content (AvgIpc) is 3.20. The number of thiazole rings is 1. The first-order valence-electron chi connectivity index (χ1n) is 9.77. The quantitative estimate of drug-likeness (QED) is 0.459. The maximum absolute atomic E-state index is 12.5. The fourth-order valence-corrected chi connectivity index (χ4v) is 4.88. The zero-order chi connectivity index (χ0) is 22.0. The zero-order valence-corrected chi connectivity index (χ0v) is 18.0. The lowest BCUT2D eigenvalue weighted by atomic mass is 9.97. The number of nitrogens with zero attached hydrogens (tertiary/aromatic N) is 3. The molecule has 2 amide bonds. The molecule has 1 N–H and O–H groups in total. The van der Waals surface area contributed by atoms with Gasteiger partial charge in [0.2, 0.25) is 5.91 Å². The van der Waals surface area contributed by atoms with Gasteiger partial charge < -0.3 is 10.2 Å². The second kappa shape index (κ2) is 8.99. The van der Waals surface area contributed by atoms with Crippen LogP contribution in [-0.4, -0.2) is 46.3 Å². The normalized spacial score (nSPS) is 14.5. The van der Waals surface area contributed by atoms with Crippen LogP contribution in [0.1, 0.15) is 34.1 Å². The van der Waals surface area contributed by atoms with E-state index in [9.17, 15) is 19.7 Å². The van der Waals surface area contributed by atoms with E-state index in [-0.39, 0.29) is 23.7 Å². The Morgan fingerprint density at radius 1 is 1.23 bits per heavy atom. The predicted molar refractivity (Wildman–Crippen MR) is 119 cm³/mol. The molecule has 10 heteroatoms. The van der Waals surface area contributed by atoms with Gasteiger partial charge in [0.25, 0.3) is 11.6 Å². The average molecular weight is 459 g/mol. The minimum Gasteiger partial charge on any atom is -0.343 e. The first kappa shape index (κ1) is 21.2. The Morgan fingerprint density at radius 2 is 2.00 bits per heavy atom. The topological polar surface area (TPSA) is 105 Å². The maximum Gasteiger partial charge on any atom is 0.270 e. The second-order valence-corrected chi connectivity index (χ2v) is 8.81. The largest absolute Gasteiger partial charge is 0.343 e. The van der Waals surface area contributed by atoms with Gasteiger partial charge in [-0.3, -0.25) is 19.7 Å². The maximum atomic E-state index is 12.5. The zero-order valence-electron chi connectivity index (χ0n) is 16.4. The van der Waals surface area contributed by atoms with Crippen molar-refractivity contribution in [2.45, 2.75) is 18.8 Å². The van der Waals surface area contributed by atoms with Gasteiger partial charge in [0.05, 0.1) is 26.7 Å². The molecule has 0 radical (unpaired) electrons. The van der Waals surface area contributed by atoms with Crippen molar-refractivity contribution in [3.8, 4) is 0 Å². The first-order chi connectivity index (χ1) is 14.9. The van der Waals surface area contributed by atoms with Gasteiger partial charge >= 0.3 is 0 Å². The fraction of sp³-hybridized carbons (Fsp3) is 0.286. The summed E-state index contributed by atoms with van der Waals surface area (Å²) < 4.78 is 1.10. The lowest BCUT2D eigenvalue weighted by molar-refractivity contribution is -0.384. The van der Waals surface area contributed by atoms with E-state index in [4.69, 9.17) is 16.6 Å². The van der Waals surface area contributed by atoms with Crippen molar-refractivity contribution in [3.05, 3.63) is 68.2 Å². The monoisotopic (exact) mass is 458 g/mol. The summed E-state index contributed by atoms with van der Waals surface area (Å²) in [5.41, 5.74) is 0.879. The number of nitrogens with one attached hydrogen (secondary N) is 1. The number of carbonyl (C=O) groups excluding carboxylic acids is 2. The highest BCUT2D eigenvalue weighted by Gasteiger charge is 2.26. The van der Waals surface area contributed by atoms with E-state index in [1.807, 2.05) is 18.2 Å².